The molecule has 1 fully saturated rings. The van der Waals surface area contributed by atoms with E-state index in [2.05, 4.69) is 10.2 Å². The molecule has 2 aromatic rings. The Hall–Kier alpha value is -2.22. The number of anilines is 1. The van der Waals surface area contributed by atoms with Crippen molar-refractivity contribution < 1.29 is 13.9 Å². The number of thiocarbonyl (C=S) groups is 1. The molecule has 0 unspecified atom stereocenters. The summed E-state index contributed by atoms with van der Waals surface area (Å²) in [5.74, 6) is 0.579. The molecule has 1 N–H and O–H groups in total. The van der Waals surface area contributed by atoms with Crippen molar-refractivity contribution >= 4 is 23.0 Å². The number of ether oxygens (including phenoxy) is 2. The number of hydrogen-bond donors (Lipinski definition) is 1. The van der Waals surface area contributed by atoms with Crippen LogP contribution in [0.2, 0.25) is 0 Å². The number of hydrogen-bond acceptors (Lipinski definition) is 4. The molecule has 1 saturated heterocycles. The van der Waals surface area contributed by atoms with Crippen molar-refractivity contribution in [2.75, 3.05) is 51.8 Å². The fourth-order valence-electron chi connectivity index (χ4n) is 3.27. The molecule has 7 heteroatoms. The Morgan fingerprint density at radius 2 is 2.00 bits per heavy atom. The molecule has 0 bridgehead atoms. The highest BCUT2D eigenvalue weighted by molar-refractivity contribution is 7.80. The fourth-order valence-corrected chi connectivity index (χ4v) is 3.55. The zero-order valence-corrected chi connectivity index (χ0v) is 17.8. The van der Waals surface area contributed by atoms with Gasteiger partial charge >= 0.3 is 0 Å². The standard InChI is InChI=1S/C22H28FN3O2S/c1-17-7-8-19(15-21(17)27-2)24-22(29)26(10-9-25-11-13-28-14-12-25)16-18-5-3-4-6-20(18)23/h3-8,15H,9-14,16H2,1-2H3,(H,24,29). The maximum Gasteiger partial charge on any atom is 0.173 e. The Morgan fingerprint density at radius 3 is 2.72 bits per heavy atom. The summed E-state index contributed by atoms with van der Waals surface area (Å²) in [5, 5.41) is 3.85. The molecule has 0 radical (unpaired) electrons. The van der Waals surface area contributed by atoms with Gasteiger partial charge in [0.2, 0.25) is 0 Å². The van der Waals surface area contributed by atoms with Crippen LogP contribution >= 0.6 is 12.2 Å². The first-order valence-corrected chi connectivity index (χ1v) is 10.2. The highest BCUT2D eigenvalue weighted by atomic mass is 32.1. The van der Waals surface area contributed by atoms with Gasteiger partial charge < -0.3 is 19.7 Å². The second-order valence-electron chi connectivity index (χ2n) is 7.08. The number of nitrogens with one attached hydrogen (secondary N) is 1. The molecule has 3 rings (SSSR count). The lowest BCUT2D eigenvalue weighted by molar-refractivity contribution is 0.0358. The van der Waals surface area contributed by atoms with Crippen LogP contribution in [0.1, 0.15) is 11.1 Å². The predicted octanol–water partition coefficient (Wildman–Crippen LogP) is 3.67. The van der Waals surface area contributed by atoms with Crippen LogP contribution in [0.4, 0.5) is 10.1 Å². The highest BCUT2D eigenvalue weighted by Gasteiger charge is 2.17. The van der Waals surface area contributed by atoms with Gasteiger partial charge in [-0.3, -0.25) is 4.90 Å². The van der Waals surface area contributed by atoms with Crippen molar-refractivity contribution in [2.45, 2.75) is 13.5 Å². The van der Waals surface area contributed by atoms with Crippen molar-refractivity contribution in [3.8, 4) is 5.75 Å². The average molecular weight is 418 g/mol. The van der Waals surface area contributed by atoms with Gasteiger partial charge in [-0.1, -0.05) is 24.3 Å². The van der Waals surface area contributed by atoms with Crippen LogP contribution in [0.5, 0.6) is 5.75 Å². The number of nitrogens with zero attached hydrogens (tertiary/aromatic N) is 2. The summed E-state index contributed by atoms with van der Waals surface area (Å²) in [5.41, 5.74) is 2.53. The Morgan fingerprint density at radius 1 is 1.24 bits per heavy atom. The van der Waals surface area contributed by atoms with Crippen LogP contribution in [0.25, 0.3) is 0 Å². The molecule has 0 saturated carbocycles. The largest absolute Gasteiger partial charge is 0.496 e. The normalized spacial score (nSPS) is 14.4. The maximum atomic E-state index is 14.2. The van der Waals surface area contributed by atoms with Crippen molar-refractivity contribution in [1.82, 2.24) is 9.80 Å². The van der Waals surface area contributed by atoms with E-state index in [1.807, 2.05) is 36.1 Å². The van der Waals surface area contributed by atoms with Gasteiger partial charge in [-0.25, -0.2) is 4.39 Å². The minimum absolute atomic E-state index is 0.219. The van der Waals surface area contributed by atoms with E-state index in [0.717, 1.165) is 49.8 Å². The lowest BCUT2D eigenvalue weighted by Crippen LogP contribution is -2.44. The third-order valence-electron chi connectivity index (χ3n) is 5.06. The molecule has 1 aliphatic heterocycles. The van der Waals surface area contributed by atoms with Gasteiger partial charge in [0.05, 0.1) is 20.3 Å². The topological polar surface area (TPSA) is 37.0 Å². The van der Waals surface area contributed by atoms with Gasteiger partial charge in [-0.15, -0.1) is 0 Å². The van der Waals surface area contributed by atoms with Crippen molar-refractivity contribution in [3.05, 3.63) is 59.4 Å². The lowest BCUT2D eigenvalue weighted by atomic mass is 10.2. The molecule has 5 nitrogen and oxygen atoms in total. The number of methoxy groups -OCH3 is 1. The first-order valence-electron chi connectivity index (χ1n) is 9.81. The smallest absolute Gasteiger partial charge is 0.173 e. The molecular formula is C22H28FN3O2S. The second kappa shape index (κ2) is 10.5. The summed E-state index contributed by atoms with van der Waals surface area (Å²) in [6, 6.07) is 12.7. The highest BCUT2D eigenvalue weighted by Crippen LogP contribution is 2.22. The number of morpholine rings is 1. The first-order chi connectivity index (χ1) is 14.1. The number of benzene rings is 2. The van der Waals surface area contributed by atoms with Gasteiger partial charge in [0.25, 0.3) is 0 Å². The van der Waals surface area contributed by atoms with Gasteiger partial charge in [0.1, 0.15) is 11.6 Å². The SMILES string of the molecule is COc1cc(NC(=S)N(CCN2CCOCC2)Cc2ccccc2F)ccc1C. The van der Waals surface area contributed by atoms with Crippen molar-refractivity contribution in [3.63, 3.8) is 0 Å². The Balaban J connectivity index is 1.71. The Labute approximate surface area is 177 Å². The second-order valence-corrected chi connectivity index (χ2v) is 7.47. The van der Waals surface area contributed by atoms with Crippen LogP contribution in [-0.2, 0) is 11.3 Å². The molecule has 0 aromatic heterocycles. The molecule has 156 valence electrons. The summed E-state index contributed by atoms with van der Waals surface area (Å²) in [7, 11) is 1.65. The average Bonchev–Trinajstić information content (AvgIpc) is 2.74. The quantitative estimate of drug-likeness (QED) is 0.693. The minimum Gasteiger partial charge on any atom is -0.496 e. The molecule has 0 spiro atoms. The van der Waals surface area contributed by atoms with Crippen LogP contribution < -0.4 is 10.1 Å². The predicted molar refractivity (Wildman–Crippen MR) is 118 cm³/mol. The van der Waals surface area contributed by atoms with E-state index >= 15 is 0 Å². The third kappa shape index (κ3) is 6.13. The fraction of sp³-hybridized carbons (Fsp3) is 0.409. The number of halogens is 1. The van der Waals surface area contributed by atoms with E-state index in [4.69, 9.17) is 21.7 Å². The summed E-state index contributed by atoms with van der Waals surface area (Å²) in [6.07, 6.45) is 0. The lowest BCUT2D eigenvalue weighted by Gasteiger charge is -2.31. The van der Waals surface area contributed by atoms with Crippen molar-refractivity contribution in [1.29, 1.82) is 0 Å². The summed E-state index contributed by atoms with van der Waals surface area (Å²) in [4.78, 5) is 4.35. The maximum absolute atomic E-state index is 14.2. The molecule has 0 amide bonds. The summed E-state index contributed by atoms with van der Waals surface area (Å²) in [6.45, 7) is 7.25. The zero-order valence-electron chi connectivity index (χ0n) is 17.0. The number of rotatable bonds is 7. The first kappa shape index (κ1) is 21.5. The molecule has 0 aliphatic carbocycles. The summed E-state index contributed by atoms with van der Waals surface area (Å²) < 4.78 is 25.1. The number of aryl methyl sites for hydroxylation is 1. The zero-order chi connectivity index (χ0) is 20.6. The van der Waals surface area contributed by atoms with Gasteiger partial charge in [-0.05, 0) is 36.8 Å². The molecular weight excluding hydrogens is 389 g/mol. The molecule has 2 aromatic carbocycles. The van der Waals surface area contributed by atoms with Crippen LogP contribution in [-0.4, -0.2) is 61.4 Å². The molecule has 29 heavy (non-hydrogen) atoms. The van der Waals surface area contributed by atoms with E-state index in [1.165, 1.54) is 6.07 Å². The Bertz CT molecular complexity index is 827. The van der Waals surface area contributed by atoms with Crippen LogP contribution in [0.3, 0.4) is 0 Å². The summed E-state index contributed by atoms with van der Waals surface area (Å²) >= 11 is 5.69. The molecule has 1 heterocycles. The van der Waals surface area contributed by atoms with E-state index in [9.17, 15) is 4.39 Å². The van der Waals surface area contributed by atoms with Crippen LogP contribution in [0.15, 0.2) is 42.5 Å². The van der Waals surface area contributed by atoms with Gasteiger partial charge in [0, 0.05) is 50.0 Å². The van der Waals surface area contributed by atoms with Gasteiger partial charge in [-0.2, -0.15) is 0 Å². The van der Waals surface area contributed by atoms with Crippen molar-refractivity contribution in [2.24, 2.45) is 0 Å². The van der Waals surface area contributed by atoms with E-state index < -0.39 is 0 Å². The van der Waals surface area contributed by atoms with E-state index in [1.54, 1.807) is 19.2 Å². The van der Waals surface area contributed by atoms with E-state index in [0.29, 0.717) is 23.8 Å². The molecule has 1 aliphatic rings. The third-order valence-corrected chi connectivity index (χ3v) is 5.42. The van der Waals surface area contributed by atoms with E-state index in [-0.39, 0.29) is 5.82 Å². The minimum atomic E-state index is -0.219. The monoisotopic (exact) mass is 417 g/mol. The Kier molecular flexibility index (Phi) is 7.80. The molecule has 0 atom stereocenters. The van der Waals surface area contributed by atoms with Crippen LogP contribution in [0, 0.1) is 12.7 Å². The van der Waals surface area contributed by atoms with Gasteiger partial charge in [0.15, 0.2) is 5.11 Å².